The molecular weight excluding hydrogens is 264 g/mol. The molecule has 5 heteroatoms. The van der Waals surface area contributed by atoms with E-state index >= 15 is 0 Å². The summed E-state index contributed by atoms with van der Waals surface area (Å²) in [5, 5.41) is 12.1. The summed E-state index contributed by atoms with van der Waals surface area (Å²) in [5.41, 5.74) is 9.62. The van der Waals surface area contributed by atoms with Crippen LogP contribution in [0.2, 0.25) is 0 Å². The van der Waals surface area contributed by atoms with Crippen molar-refractivity contribution in [3.05, 3.63) is 53.2 Å². The second kappa shape index (κ2) is 6.26. The molecule has 0 aliphatic rings. The number of nitrogens with zero attached hydrogens (tertiary/aromatic N) is 3. The molecule has 3 N–H and O–H groups in total. The molecule has 0 atom stereocenters. The van der Waals surface area contributed by atoms with Gasteiger partial charge in [-0.25, -0.2) is 4.98 Å². The van der Waals surface area contributed by atoms with Crippen molar-refractivity contribution in [1.82, 2.24) is 4.98 Å². The van der Waals surface area contributed by atoms with Gasteiger partial charge in [-0.05, 0) is 44.5 Å². The highest BCUT2D eigenvalue weighted by Crippen LogP contribution is 2.28. The van der Waals surface area contributed by atoms with E-state index < -0.39 is 0 Å². The number of aromatic nitrogens is 1. The largest absolute Gasteiger partial charge is 0.409 e. The number of nitrogens with two attached hydrogens (primary N) is 1. The number of hydrogen-bond acceptors (Lipinski definition) is 4. The summed E-state index contributed by atoms with van der Waals surface area (Å²) in [6.45, 7) is 6.74. The maximum absolute atomic E-state index is 9.02. The van der Waals surface area contributed by atoms with Crippen molar-refractivity contribution in [3.8, 4) is 0 Å². The second-order valence-corrected chi connectivity index (χ2v) is 4.89. The van der Waals surface area contributed by atoms with Crippen LogP contribution in [0.5, 0.6) is 0 Å². The molecule has 1 aromatic heterocycles. The Hall–Kier alpha value is -2.56. The SMILES string of the molecule is CCN(c1ccc(C)cc1)c1nccc(C)c1/C(N)=N/O. The zero-order chi connectivity index (χ0) is 15.4. The van der Waals surface area contributed by atoms with Crippen molar-refractivity contribution in [2.24, 2.45) is 10.9 Å². The Morgan fingerprint density at radius 3 is 2.48 bits per heavy atom. The van der Waals surface area contributed by atoms with Gasteiger partial charge in [0.2, 0.25) is 0 Å². The van der Waals surface area contributed by atoms with Gasteiger partial charge in [-0.3, -0.25) is 0 Å². The first-order valence-corrected chi connectivity index (χ1v) is 6.86. The highest BCUT2D eigenvalue weighted by atomic mass is 16.4. The van der Waals surface area contributed by atoms with Crippen LogP contribution in [-0.4, -0.2) is 22.6 Å². The Morgan fingerprint density at radius 2 is 1.90 bits per heavy atom. The fraction of sp³-hybridized carbons (Fsp3) is 0.250. The molecule has 1 aromatic carbocycles. The highest BCUT2D eigenvalue weighted by molar-refractivity contribution is 6.03. The lowest BCUT2D eigenvalue weighted by Crippen LogP contribution is -2.24. The molecule has 110 valence electrons. The first-order chi connectivity index (χ1) is 10.1. The minimum absolute atomic E-state index is 0.0705. The van der Waals surface area contributed by atoms with Crippen LogP contribution in [-0.2, 0) is 0 Å². The molecule has 0 unspecified atom stereocenters. The van der Waals surface area contributed by atoms with Gasteiger partial charge < -0.3 is 15.8 Å². The number of hydrogen-bond donors (Lipinski definition) is 2. The lowest BCUT2D eigenvalue weighted by molar-refractivity contribution is 0.318. The Labute approximate surface area is 124 Å². The maximum Gasteiger partial charge on any atom is 0.174 e. The average molecular weight is 284 g/mol. The fourth-order valence-electron chi connectivity index (χ4n) is 2.29. The molecule has 2 rings (SSSR count). The van der Waals surface area contributed by atoms with Crippen molar-refractivity contribution < 1.29 is 5.21 Å². The van der Waals surface area contributed by atoms with Crippen LogP contribution in [0, 0.1) is 13.8 Å². The number of rotatable bonds is 4. The van der Waals surface area contributed by atoms with E-state index in [1.807, 2.05) is 43.9 Å². The molecule has 1 heterocycles. The van der Waals surface area contributed by atoms with E-state index in [9.17, 15) is 0 Å². The van der Waals surface area contributed by atoms with E-state index in [0.717, 1.165) is 17.8 Å². The molecule has 2 aromatic rings. The Bertz CT molecular complexity index is 650. The van der Waals surface area contributed by atoms with Gasteiger partial charge >= 0.3 is 0 Å². The van der Waals surface area contributed by atoms with E-state index in [1.54, 1.807) is 6.20 Å². The molecule has 0 aliphatic heterocycles. The molecule has 0 radical (unpaired) electrons. The van der Waals surface area contributed by atoms with Gasteiger partial charge in [0.25, 0.3) is 0 Å². The molecule has 0 fully saturated rings. The smallest absolute Gasteiger partial charge is 0.174 e. The predicted molar refractivity (Wildman–Crippen MR) is 85.3 cm³/mol. The summed E-state index contributed by atoms with van der Waals surface area (Å²) in [6, 6.07) is 10.0. The van der Waals surface area contributed by atoms with Gasteiger partial charge in [-0.2, -0.15) is 0 Å². The fourth-order valence-corrected chi connectivity index (χ4v) is 2.29. The van der Waals surface area contributed by atoms with E-state index in [0.29, 0.717) is 11.4 Å². The number of benzene rings is 1. The maximum atomic E-state index is 9.02. The third-order valence-corrected chi connectivity index (χ3v) is 3.42. The third kappa shape index (κ3) is 2.97. The molecular formula is C16H20N4O. The monoisotopic (exact) mass is 284 g/mol. The summed E-state index contributed by atoms with van der Waals surface area (Å²) in [6.07, 6.45) is 1.73. The lowest BCUT2D eigenvalue weighted by atomic mass is 10.1. The number of oxime groups is 1. The number of aryl methyl sites for hydroxylation is 2. The van der Waals surface area contributed by atoms with Gasteiger partial charge in [-0.15, -0.1) is 0 Å². The van der Waals surface area contributed by atoms with Crippen LogP contribution in [0.1, 0.15) is 23.6 Å². The summed E-state index contributed by atoms with van der Waals surface area (Å²) in [7, 11) is 0. The number of anilines is 2. The Kier molecular flexibility index (Phi) is 4.42. The van der Waals surface area contributed by atoms with E-state index in [2.05, 4.69) is 22.3 Å². The van der Waals surface area contributed by atoms with E-state index in [1.165, 1.54) is 5.56 Å². The van der Waals surface area contributed by atoms with Crippen molar-refractivity contribution in [1.29, 1.82) is 0 Å². The van der Waals surface area contributed by atoms with Crippen LogP contribution in [0.25, 0.3) is 0 Å². The van der Waals surface area contributed by atoms with Crippen LogP contribution in [0.15, 0.2) is 41.7 Å². The topological polar surface area (TPSA) is 74.7 Å². The van der Waals surface area contributed by atoms with E-state index in [-0.39, 0.29) is 5.84 Å². The van der Waals surface area contributed by atoms with Crippen molar-refractivity contribution in [2.45, 2.75) is 20.8 Å². The number of amidine groups is 1. The molecule has 0 saturated carbocycles. The first-order valence-electron chi connectivity index (χ1n) is 6.86. The highest BCUT2D eigenvalue weighted by Gasteiger charge is 2.18. The molecule has 0 saturated heterocycles. The van der Waals surface area contributed by atoms with Gasteiger partial charge in [0.05, 0.1) is 5.56 Å². The zero-order valence-corrected chi connectivity index (χ0v) is 12.5. The summed E-state index contributed by atoms with van der Waals surface area (Å²) >= 11 is 0. The zero-order valence-electron chi connectivity index (χ0n) is 12.5. The summed E-state index contributed by atoms with van der Waals surface area (Å²) in [5.74, 6) is 0.762. The lowest BCUT2D eigenvalue weighted by Gasteiger charge is -2.25. The second-order valence-electron chi connectivity index (χ2n) is 4.89. The molecule has 21 heavy (non-hydrogen) atoms. The molecule has 0 bridgehead atoms. The van der Waals surface area contributed by atoms with Crippen molar-refractivity contribution in [3.63, 3.8) is 0 Å². The molecule has 5 nitrogen and oxygen atoms in total. The van der Waals surface area contributed by atoms with Crippen LogP contribution >= 0.6 is 0 Å². The molecule has 0 amide bonds. The number of pyridine rings is 1. The van der Waals surface area contributed by atoms with Crippen LogP contribution in [0.3, 0.4) is 0 Å². The predicted octanol–water partition coefficient (Wildman–Crippen LogP) is 2.95. The van der Waals surface area contributed by atoms with Gasteiger partial charge in [-0.1, -0.05) is 22.9 Å². The Morgan fingerprint density at radius 1 is 1.24 bits per heavy atom. The van der Waals surface area contributed by atoms with Gasteiger partial charge in [0, 0.05) is 18.4 Å². The third-order valence-electron chi connectivity index (χ3n) is 3.42. The Balaban J connectivity index is 2.57. The molecule has 0 aliphatic carbocycles. The van der Waals surface area contributed by atoms with E-state index in [4.69, 9.17) is 10.9 Å². The van der Waals surface area contributed by atoms with Crippen LogP contribution in [0.4, 0.5) is 11.5 Å². The average Bonchev–Trinajstić information content (AvgIpc) is 2.49. The normalized spacial score (nSPS) is 11.5. The molecule has 0 spiro atoms. The van der Waals surface area contributed by atoms with Crippen molar-refractivity contribution >= 4 is 17.3 Å². The summed E-state index contributed by atoms with van der Waals surface area (Å²) in [4.78, 5) is 6.47. The minimum Gasteiger partial charge on any atom is -0.409 e. The standard InChI is InChI=1S/C16H20N4O/c1-4-20(13-7-5-11(2)6-8-13)16-14(15(17)19-21)12(3)9-10-18-16/h5-10,21H,4H2,1-3H3,(H2,17,19). The van der Waals surface area contributed by atoms with Gasteiger partial charge in [0.15, 0.2) is 5.84 Å². The van der Waals surface area contributed by atoms with Crippen LogP contribution < -0.4 is 10.6 Å². The quantitative estimate of drug-likeness (QED) is 0.392. The van der Waals surface area contributed by atoms with Gasteiger partial charge in [0.1, 0.15) is 5.82 Å². The summed E-state index contributed by atoms with van der Waals surface area (Å²) < 4.78 is 0. The minimum atomic E-state index is 0.0705. The first kappa shape index (κ1) is 14.8. The van der Waals surface area contributed by atoms with Crippen molar-refractivity contribution in [2.75, 3.05) is 11.4 Å².